The molecule has 0 aliphatic rings. The number of nitriles is 1. The molecule has 118 valence electrons. The molecule has 1 N–H and O–H groups in total. The van der Waals surface area contributed by atoms with Gasteiger partial charge in [0.2, 0.25) is 0 Å². The molecule has 0 atom stereocenters. The standard InChI is InChI=1S/C19H15FN4/c20-16-9-7-14(8-10-16)17-13-18(22-12-4-11-21)24-19(23-17)15-5-2-1-3-6-15/h1-3,5-10,13H,4,12H2,(H,22,23,24). The van der Waals surface area contributed by atoms with Gasteiger partial charge in [0.25, 0.3) is 0 Å². The summed E-state index contributed by atoms with van der Waals surface area (Å²) < 4.78 is 13.2. The molecule has 1 heterocycles. The van der Waals surface area contributed by atoms with Crippen LogP contribution < -0.4 is 5.32 Å². The van der Waals surface area contributed by atoms with E-state index in [2.05, 4.69) is 21.4 Å². The van der Waals surface area contributed by atoms with Crippen molar-refractivity contribution in [2.75, 3.05) is 11.9 Å². The third-order valence-corrected chi connectivity index (χ3v) is 3.44. The Hall–Kier alpha value is -3.26. The van der Waals surface area contributed by atoms with E-state index < -0.39 is 0 Å². The zero-order valence-electron chi connectivity index (χ0n) is 12.9. The summed E-state index contributed by atoms with van der Waals surface area (Å²) in [5, 5.41) is 11.8. The molecule has 1 aromatic heterocycles. The van der Waals surface area contributed by atoms with E-state index in [9.17, 15) is 4.39 Å². The average molecular weight is 318 g/mol. The van der Waals surface area contributed by atoms with E-state index in [1.165, 1.54) is 12.1 Å². The van der Waals surface area contributed by atoms with Crippen LogP contribution in [0.4, 0.5) is 10.2 Å². The summed E-state index contributed by atoms with van der Waals surface area (Å²) in [6, 6.07) is 19.7. The first kappa shape index (κ1) is 15.6. The Morgan fingerprint density at radius 1 is 0.958 bits per heavy atom. The highest BCUT2D eigenvalue weighted by molar-refractivity contribution is 5.67. The molecule has 3 rings (SSSR count). The van der Waals surface area contributed by atoms with Gasteiger partial charge in [0.05, 0.1) is 18.2 Å². The number of rotatable bonds is 5. The van der Waals surface area contributed by atoms with Crippen LogP contribution in [0.1, 0.15) is 6.42 Å². The summed E-state index contributed by atoms with van der Waals surface area (Å²) in [6.45, 7) is 0.505. The van der Waals surface area contributed by atoms with E-state index in [1.807, 2.05) is 30.3 Å². The van der Waals surface area contributed by atoms with E-state index in [0.717, 1.165) is 11.1 Å². The van der Waals surface area contributed by atoms with Gasteiger partial charge >= 0.3 is 0 Å². The number of benzene rings is 2. The van der Waals surface area contributed by atoms with Crippen LogP contribution in [0.2, 0.25) is 0 Å². The molecule has 3 aromatic rings. The number of hydrogen-bond donors (Lipinski definition) is 1. The van der Waals surface area contributed by atoms with Crippen molar-refractivity contribution in [1.29, 1.82) is 5.26 Å². The highest BCUT2D eigenvalue weighted by atomic mass is 19.1. The summed E-state index contributed by atoms with van der Waals surface area (Å²) in [6.07, 6.45) is 0.385. The molecule has 0 unspecified atom stereocenters. The maximum absolute atomic E-state index is 13.2. The molecular weight excluding hydrogens is 303 g/mol. The lowest BCUT2D eigenvalue weighted by molar-refractivity contribution is 0.628. The van der Waals surface area contributed by atoms with Gasteiger partial charge in [-0.25, -0.2) is 14.4 Å². The van der Waals surface area contributed by atoms with E-state index in [0.29, 0.717) is 30.3 Å². The Balaban J connectivity index is 2.02. The van der Waals surface area contributed by atoms with Gasteiger partial charge in [-0.15, -0.1) is 0 Å². The predicted octanol–water partition coefficient (Wildman–Crippen LogP) is 4.28. The van der Waals surface area contributed by atoms with Gasteiger partial charge < -0.3 is 5.32 Å². The Kier molecular flexibility index (Phi) is 4.78. The zero-order chi connectivity index (χ0) is 16.8. The lowest BCUT2D eigenvalue weighted by Crippen LogP contribution is -2.05. The van der Waals surface area contributed by atoms with Gasteiger partial charge in [-0.1, -0.05) is 30.3 Å². The van der Waals surface area contributed by atoms with E-state index >= 15 is 0 Å². The van der Waals surface area contributed by atoms with Gasteiger partial charge in [0, 0.05) is 23.7 Å². The Morgan fingerprint density at radius 2 is 1.71 bits per heavy atom. The van der Waals surface area contributed by atoms with Crippen molar-refractivity contribution in [3.05, 3.63) is 66.5 Å². The summed E-state index contributed by atoms with van der Waals surface area (Å²) in [4.78, 5) is 9.11. The fourth-order valence-corrected chi connectivity index (χ4v) is 2.27. The molecule has 0 aliphatic heterocycles. The van der Waals surface area contributed by atoms with Crippen LogP contribution in [0.15, 0.2) is 60.7 Å². The monoisotopic (exact) mass is 318 g/mol. The predicted molar refractivity (Wildman–Crippen MR) is 91.6 cm³/mol. The number of nitrogens with one attached hydrogen (secondary N) is 1. The van der Waals surface area contributed by atoms with Crippen LogP contribution in [-0.2, 0) is 0 Å². The second-order valence-electron chi connectivity index (χ2n) is 5.17. The number of anilines is 1. The summed E-state index contributed by atoms with van der Waals surface area (Å²) in [7, 11) is 0. The van der Waals surface area contributed by atoms with Crippen molar-refractivity contribution in [2.24, 2.45) is 0 Å². The quantitative estimate of drug-likeness (QED) is 0.713. The molecule has 0 bridgehead atoms. The normalized spacial score (nSPS) is 10.2. The maximum Gasteiger partial charge on any atom is 0.162 e. The lowest BCUT2D eigenvalue weighted by atomic mass is 10.1. The van der Waals surface area contributed by atoms with Crippen LogP contribution in [-0.4, -0.2) is 16.5 Å². The SMILES string of the molecule is N#CCCNc1cc(-c2ccc(F)cc2)nc(-c2ccccc2)n1. The average Bonchev–Trinajstić information content (AvgIpc) is 2.63. The first-order valence-electron chi connectivity index (χ1n) is 7.57. The molecule has 24 heavy (non-hydrogen) atoms. The van der Waals surface area contributed by atoms with Crippen LogP contribution in [0.3, 0.4) is 0 Å². The van der Waals surface area contributed by atoms with Crippen molar-refractivity contribution >= 4 is 5.82 Å². The molecule has 0 radical (unpaired) electrons. The Morgan fingerprint density at radius 3 is 2.42 bits per heavy atom. The molecule has 5 heteroatoms. The topological polar surface area (TPSA) is 61.6 Å². The Bertz CT molecular complexity index is 855. The minimum Gasteiger partial charge on any atom is -0.369 e. The van der Waals surface area contributed by atoms with E-state index in [1.54, 1.807) is 18.2 Å². The molecule has 2 aromatic carbocycles. The molecule has 0 saturated heterocycles. The fraction of sp³-hybridized carbons (Fsp3) is 0.105. The van der Waals surface area contributed by atoms with E-state index in [4.69, 9.17) is 5.26 Å². The van der Waals surface area contributed by atoms with E-state index in [-0.39, 0.29) is 5.82 Å². The Labute approximate surface area is 139 Å². The van der Waals surface area contributed by atoms with Gasteiger partial charge in [0.15, 0.2) is 5.82 Å². The van der Waals surface area contributed by atoms with Gasteiger partial charge in [-0.05, 0) is 24.3 Å². The summed E-state index contributed by atoms with van der Waals surface area (Å²) in [5.41, 5.74) is 2.40. The van der Waals surface area contributed by atoms with Crippen LogP contribution >= 0.6 is 0 Å². The molecule has 0 aliphatic carbocycles. The summed E-state index contributed by atoms with van der Waals surface area (Å²) in [5.74, 6) is 0.929. The number of aromatic nitrogens is 2. The van der Waals surface area contributed by atoms with Crippen LogP contribution in [0, 0.1) is 17.1 Å². The molecular formula is C19H15FN4. The summed E-state index contributed by atoms with van der Waals surface area (Å²) >= 11 is 0. The second kappa shape index (κ2) is 7.34. The highest BCUT2D eigenvalue weighted by Crippen LogP contribution is 2.24. The third-order valence-electron chi connectivity index (χ3n) is 3.44. The van der Waals surface area contributed by atoms with Gasteiger partial charge in [0.1, 0.15) is 11.6 Å². The van der Waals surface area contributed by atoms with Crippen LogP contribution in [0.5, 0.6) is 0 Å². The third kappa shape index (κ3) is 3.73. The maximum atomic E-state index is 13.2. The molecule has 0 spiro atoms. The first-order valence-corrected chi connectivity index (χ1v) is 7.57. The van der Waals surface area contributed by atoms with Gasteiger partial charge in [-0.3, -0.25) is 0 Å². The number of nitrogens with zero attached hydrogens (tertiary/aromatic N) is 3. The van der Waals surface area contributed by atoms with Crippen molar-refractivity contribution in [1.82, 2.24) is 9.97 Å². The van der Waals surface area contributed by atoms with Crippen molar-refractivity contribution in [2.45, 2.75) is 6.42 Å². The lowest BCUT2D eigenvalue weighted by Gasteiger charge is -2.10. The molecule has 0 saturated carbocycles. The van der Waals surface area contributed by atoms with Crippen molar-refractivity contribution in [3.8, 4) is 28.7 Å². The zero-order valence-corrected chi connectivity index (χ0v) is 12.9. The van der Waals surface area contributed by atoms with Crippen LogP contribution in [0.25, 0.3) is 22.6 Å². The number of halogens is 1. The minimum atomic E-state index is -0.288. The molecule has 0 fully saturated rings. The minimum absolute atomic E-state index is 0.288. The molecule has 0 amide bonds. The first-order chi connectivity index (χ1) is 11.8. The number of hydrogen-bond acceptors (Lipinski definition) is 4. The largest absolute Gasteiger partial charge is 0.369 e. The highest BCUT2D eigenvalue weighted by Gasteiger charge is 2.08. The fourth-order valence-electron chi connectivity index (χ4n) is 2.27. The van der Waals surface area contributed by atoms with Crippen molar-refractivity contribution in [3.63, 3.8) is 0 Å². The van der Waals surface area contributed by atoms with Gasteiger partial charge in [-0.2, -0.15) is 5.26 Å². The smallest absolute Gasteiger partial charge is 0.162 e. The molecule has 4 nitrogen and oxygen atoms in total. The second-order valence-corrected chi connectivity index (χ2v) is 5.17. The van der Waals surface area contributed by atoms with Crippen molar-refractivity contribution < 1.29 is 4.39 Å².